The zero-order chi connectivity index (χ0) is 13.9. The second-order valence-electron chi connectivity index (χ2n) is 5.60. The van der Waals surface area contributed by atoms with Crippen molar-refractivity contribution in [1.29, 1.82) is 0 Å². The highest BCUT2D eigenvalue weighted by molar-refractivity contribution is 7.80. The van der Waals surface area contributed by atoms with Gasteiger partial charge in [0, 0.05) is 30.2 Å². The molecular formula is C15H21NO2S. The zero-order valence-corrected chi connectivity index (χ0v) is 12.4. The summed E-state index contributed by atoms with van der Waals surface area (Å²) in [7, 11) is 0. The van der Waals surface area contributed by atoms with Crippen molar-refractivity contribution in [2.24, 2.45) is 5.41 Å². The molecule has 1 aliphatic rings. The minimum Gasteiger partial charge on any atom is -0.381 e. The van der Waals surface area contributed by atoms with E-state index in [1.807, 2.05) is 25.1 Å². The normalized spacial score (nSPS) is 18.1. The van der Waals surface area contributed by atoms with Crippen molar-refractivity contribution in [2.45, 2.75) is 31.6 Å². The molecule has 1 aromatic carbocycles. The number of thiol groups is 1. The first-order valence-electron chi connectivity index (χ1n) is 6.66. The van der Waals surface area contributed by atoms with E-state index in [-0.39, 0.29) is 11.3 Å². The van der Waals surface area contributed by atoms with Gasteiger partial charge in [0.15, 0.2) is 0 Å². The Morgan fingerprint density at radius 2 is 2.11 bits per heavy atom. The Morgan fingerprint density at radius 3 is 2.79 bits per heavy atom. The Labute approximate surface area is 120 Å². The third-order valence-electron chi connectivity index (χ3n) is 3.84. The molecule has 104 valence electrons. The molecule has 0 saturated carbocycles. The predicted molar refractivity (Wildman–Crippen MR) is 78.9 cm³/mol. The molecule has 0 radical (unpaired) electrons. The van der Waals surface area contributed by atoms with Gasteiger partial charge in [-0.05, 0) is 42.9 Å². The van der Waals surface area contributed by atoms with Crippen LogP contribution in [-0.2, 0) is 4.74 Å². The Hall–Kier alpha value is -1.00. The predicted octanol–water partition coefficient (Wildman–Crippen LogP) is 2.83. The second kappa shape index (κ2) is 5.97. The van der Waals surface area contributed by atoms with Crippen LogP contribution in [0, 0.1) is 12.3 Å². The van der Waals surface area contributed by atoms with Crippen molar-refractivity contribution < 1.29 is 9.53 Å². The van der Waals surface area contributed by atoms with Crippen molar-refractivity contribution in [3.05, 3.63) is 29.3 Å². The topological polar surface area (TPSA) is 38.3 Å². The lowest BCUT2D eigenvalue weighted by molar-refractivity contribution is 0.0238. The van der Waals surface area contributed by atoms with E-state index in [4.69, 9.17) is 4.74 Å². The van der Waals surface area contributed by atoms with Gasteiger partial charge in [-0.25, -0.2) is 0 Å². The summed E-state index contributed by atoms with van der Waals surface area (Å²) in [5.41, 5.74) is 1.84. The number of hydrogen-bond donors (Lipinski definition) is 2. The molecule has 1 saturated heterocycles. The highest BCUT2D eigenvalue weighted by Crippen LogP contribution is 2.28. The molecule has 0 atom stereocenters. The van der Waals surface area contributed by atoms with E-state index >= 15 is 0 Å². The monoisotopic (exact) mass is 279 g/mol. The van der Waals surface area contributed by atoms with E-state index in [1.165, 1.54) is 0 Å². The maximum absolute atomic E-state index is 12.2. The van der Waals surface area contributed by atoms with E-state index in [2.05, 4.69) is 24.9 Å². The molecule has 0 aromatic heterocycles. The lowest BCUT2D eigenvalue weighted by atomic mass is 9.82. The molecule has 3 nitrogen and oxygen atoms in total. The summed E-state index contributed by atoms with van der Waals surface area (Å²) in [6, 6.07) is 5.64. The summed E-state index contributed by atoms with van der Waals surface area (Å²) in [6.07, 6.45) is 2.00. The molecule has 0 aliphatic carbocycles. The van der Waals surface area contributed by atoms with E-state index in [0.29, 0.717) is 12.1 Å². The van der Waals surface area contributed by atoms with Gasteiger partial charge in [-0.15, -0.1) is 12.6 Å². The molecule has 1 aliphatic heterocycles. The van der Waals surface area contributed by atoms with E-state index in [0.717, 1.165) is 36.5 Å². The maximum atomic E-state index is 12.2. The number of carbonyl (C=O) groups is 1. The number of rotatable bonds is 3. The van der Waals surface area contributed by atoms with Gasteiger partial charge < -0.3 is 10.1 Å². The Morgan fingerprint density at radius 1 is 1.42 bits per heavy atom. The fourth-order valence-electron chi connectivity index (χ4n) is 2.28. The first-order valence-corrected chi connectivity index (χ1v) is 7.10. The minimum absolute atomic E-state index is 0.0129. The SMILES string of the molecule is Cc1ccc(S)cc1C(=O)NCC1(C)CCOCC1. The fraction of sp³-hybridized carbons (Fsp3) is 0.533. The molecule has 0 bridgehead atoms. The average molecular weight is 279 g/mol. The number of carbonyl (C=O) groups excluding carboxylic acids is 1. The smallest absolute Gasteiger partial charge is 0.251 e. The summed E-state index contributed by atoms with van der Waals surface area (Å²) in [6.45, 7) is 6.43. The van der Waals surface area contributed by atoms with Crippen molar-refractivity contribution in [2.75, 3.05) is 19.8 Å². The molecule has 1 amide bonds. The van der Waals surface area contributed by atoms with Gasteiger partial charge in [0.1, 0.15) is 0 Å². The van der Waals surface area contributed by atoms with Crippen LogP contribution in [-0.4, -0.2) is 25.7 Å². The molecule has 0 unspecified atom stereocenters. The summed E-state index contributed by atoms with van der Waals surface area (Å²) < 4.78 is 5.37. The largest absolute Gasteiger partial charge is 0.381 e. The van der Waals surface area contributed by atoms with Crippen molar-refractivity contribution in [3.8, 4) is 0 Å². The summed E-state index contributed by atoms with van der Waals surface area (Å²) >= 11 is 4.29. The lowest BCUT2D eigenvalue weighted by Crippen LogP contribution is -2.39. The molecule has 1 aromatic rings. The lowest BCUT2D eigenvalue weighted by Gasteiger charge is -2.33. The Balaban J connectivity index is 1.99. The zero-order valence-electron chi connectivity index (χ0n) is 11.5. The van der Waals surface area contributed by atoms with Gasteiger partial charge in [0.2, 0.25) is 0 Å². The van der Waals surface area contributed by atoms with Crippen LogP contribution in [0.25, 0.3) is 0 Å². The number of nitrogens with one attached hydrogen (secondary N) is 1. The minimum atomic E-state index is -0.0129. The van der Waals surface area contributed by atoms with Crippen molar-refractivity contribution in [1.82, 2.24) is 5.32 Å². The van der Waals surface area contributed by atoms with Crippen LogP contribution in [0.5, 0.6) is 0 Å². The summed E-state index contributed by atoms with van der Waals surface area (Å²) in [5.74, 6) is -0.0129. The molecule has 1 fully saturated rings. The maximum Gasteiger partial charge on any atom is 0.251 e. The van der Waals surface area contributed by atoms with E-state index in [1.54, 1.807) is 0 Å². The summed E-state index contributed by atoms with van der Waals surface area (Å²) in [4.78, 5) is 13.0. The van der Waals surface area contributed by atoms with Gasteiger partial charge in [0.05, 0.1) is 0 Å². The second-order valence-corrected chi connectivity index (χ2v) is 6.12. The van der Waals surface area contributed by atoms with Crippen LogP contribution in [0.3, 0.4) is 0 Å². The molecule has 0 spiro atoms. The highest BCUT2D eigenvalue weighted by Gasteiger charge is 2.28. The standard InChI is InChI=1S/C15H21NO2S/c1-11-3-4-12(19)9-13(11)14(17)16-10-15(2)5-7-18-8-6-15/h3-4,9,19H,5-8,10H2,1-2H3,(H,16,17). The molecular weight excluding hydrogens is 258 g/mol. The number of aryl methyl sites for hydroxylation is 1. The van der Waals surface area contributed by atoms with Gasteiger partial charge in [0.25, 0.3) is 5.91 Å². The van der Waals surface area contributed by atoms with Crippen LogP contribution < -0.4 is 5.32 Å². The van der Waals surface area contributed by atoms with Crippen LogP contribution in [0.1, 0.15) is 35.7 Å². The van der Waals surface area contributed by atoms with Gasteiger partial charge >= 0.3 is 0 Å². The third-order valence-corrected chi connectivity index (χ3v) is 4.12. The van der Waals surface area contributed by atoms with Gasteiger partial charge in [-0.2, -0.15) is 0 Å². The van der Waals surface area contributed by atoms with Crippen LogP contribution in [0.15, 0.2) is 23.1 Å². The number of amides is 1. The Bertz CT molecular complexity index is 467. The fourth-order valence-corrected chi connectivity index (χ4v) is 2.49. The van der Waals surface area contributed by atoms with E-state index in [9.17, 15) is 4.79 Å². The molecule has 1 N–H and O–H groups in total. The Kier molecular flexibility index (Phi) is 4.53. The third kappa shape index (κ3) is 3.74. The van der Waals surface area contributed by atoms with Crippen molar-refractivity contribution >= 4 is 18.5 Å². The van der Waals surface area contributed by atoms with Crippen LogP contribution >= 0.6 is 12.6 Å². The van der Waals surface area contributed by atoms with Crippen molar-refractivity contribution in [3.63, 3.8) is 0 Å². The van der Waals surface area contributed by atoms with Gasteiger partial charge in [-0.1, -0.05) is 13.0 Å². The quantitative estimate of drug-likeness (QED) is 0.835. The van der Waals surface area contributed by atoms with Crippen LogP contribution in [0.2, 0.25) is 0 Å². The van der Waals surface area contributed by atoms with Gasteiger partial charge in [-0.3, -0.25) is 4.79 Å². The average Bonchev–Trinajstić information content (AvgIpc) is 2.40. The van der Waals surface area contributed by atoms with Crippen LogP contribution in [0.4, 0.5) is 0 Å². The first-order chi connectivity index (χ1) is 9.00. The molecule has 1 heterocycles. The molecule has 19 heavy (non-hydrogen) atoms. The molecule has 4 heteroatoms. The number of benzene rings is 1. The highest BCUT2D eigenvalue weighted by atomic mass is 32.1. The molecule has 2 rings (SSSR count). The number of hydrogen-bond acceptors (Lipinski definition) is 3. The number of ether oxygens (including phenoxy) is 1. The first kappa shape index (κ1) is 14.4. The van der Waals surface area contributed by atoms with E-state index < -0.39 is 0 Å². The summed E-state index contributed by atoms with van der Waals surface area (Å²) in [5, 5.41) is 3.05.